The van der Waals surface area contributed by atoms with Gasteiger partial charge < -0.3 is 10.6 Å². The largest absolute Gasteiger partial charge is 0.326 e. The Kier molecular flexibility index (Phi) is 5.88. The molecule has 1 amide bonds. The first kappa shape index (κ1) is 17.6. The third-order valence-electron chi connectivity index (χ3n) is 3.38. The molecule has 0 aliphatic carbocycles. The standard InChI is InChI=1S/C14H23N3O3S/c1-5-16-8-10(3)14(18)17-13-7-12(21(15,19)20)6-9(2)11(13)4/h6-7,10,16H,5,8H2,1-4H3,(H,17,18)(H2,15,19,20). The fourth-order valence-corrected chi connectivity index (χ4v) is 2.45. The van der Waals surface area contributed by atoms with Crippen LogP contribution in [0.4, 0.5) is 5.69 Å². The van der Waals surface area contributed by atoms with Crippen LogP contribution in [-0.2, 0) is 14.8 Å². The van der Waals surface area contributed by atoms with E-state index in [2.05, 4.69) is 10.6 Å². The summed E-state index contributed by atoms with van der Waals surface area (Å²) in [6.45, 7) is 8.73. The number of hydrogen-bond donors (Lipinski definition) is 3. The van der Waals surface area contributed by atoms with Gasteiger partial charge in [-0.3, -0.25) is 4.79 Å². The highest BCUT2D eigenvalue weighted by molar-refractivity contribution is 7.89. The third kappa shape index (κ3) is 4.80. The lowest BCUT2D eigenvalue weighted by Gasteiger charge is -2.16. The van der Waals surface area contributed by atoms with E-state index in [1.807, 2.05) is 20.8 Å². The van der Waals surface area contributed by atoms with Gasteiger partial charge in [0.25, 0.3) is 0 Å². The number of hydrogen-bond acceptors (Lipinski definition) is 4. The van der Waals surface area contributed by atoms with Crippen LogP contribution in [0.25, 0.3) is 0 Å². The van der Waals surface area contributed by atoms with Gasteiger partial charge in [-0.2, -0.15) is 0 Å². The van der Waals surface area contributed by atoms with Crippen molar-refractivity contribution in [1.29, 1.82) is 0 Å². The quantitative estimate of drug-likeness (QED) is 0.733. The molecule has 0 aliphatic heterocycles. The number of amides is 1. The lowest BCUT2D eigenvalue weighted by atomic mass is 10.1. The van der Waals surface area contributed by atoms with Gasteiger partial charge >= 0.3 is 0 Å². The van der Waals surface area contributed by atoms with Crippen LogP contribution in [-0.4, -0.2) is 27.4 Å². The van der Waals surface area contributed by atoms with Crippen molar-refractivity contribution in [3.63, 3.8) is 0 Å². The zero-order valence-electron chi connectivity index (χ0n) is 12.9. The molecule has 0 radical (unpaired) electrons. The van der Waals surface area contributed by atoms with Crippen molar-refractivity contribution in [3.8, 4) is 0 Å². The summed E-state index contributed by atoms with van der Waals surface area (Å²) in [7, 11) is -3.80. The van der Waals surface area contributed by atoms with Crippen molar-refractivity contribution in [2.45, 2.75) is 32.6 Å². The molecule has 1 unspecified atom stereocenters. The molecular formula is C14H23N3O3S. The van der Waals surface area contributed by atoms with E-state index in [1.54, 1.807) is 6.92 Å². The molecule has 21 heavy (non-hydrogen) atoms. The van der Waals surface area contributed by atoms with E-state index in [1.165, 1.54) is 12.1 Å². The maximum atomic E-state index is 12.1. The molecule has 7 heteroatoms. The Labute approximate surface area is 126 Å². The summed E-state index contributed by atoms with van der Waals surface area (Å²) in [6, 6.07) is 2.90. The van der Waals surface area contributed by atoms with Crippen LogP contribution in [0.15, 0.2) is 17.0 Å². The van der Waals surface area contributed by atoms with Gasteiger partial charge in [-0.1, -0.05) is 13.8 Å². The van der Waals surface area contributed by atoms with Crippen molar-refractivity contribution in [1.82, 2.24) is 5.32 Å². The monoisotopic (exact) mass is 313 g/mol. The number of aryl methyl sites for hydroxylation is 1. The highest BCUT2D eigenvalue weighted by Gasteiger charge is 2.17. The first-order valence-corrected chi connectivity index (χ1v) is 8.37. The molecule has 1 rings (SSSR count). The highest BCUT2D eigenvalue weighted by Crippen LogP contribution is 2.24. The van der Waals surface area contributed by atoms with Gasteiger partial charge in [0.15, 0.2) is 0 Å². The molecule has 0 aromatic heterocycles. The fourth-order valence-electron chi connectivity index (χ4n) is 1.83. The minimum Gasteiger partial charge on any atom is -0.326 e. The van der Waals surface area contributed by atoms with Gasteiger partial charge in [0.2, 0.25) is 15.9 Å². The Hall–Kier alpha value is -1.44. The molecule has 0 heterocycles. The van der Waals surface area contributed by atoms with E-state index in [9.17, 15) is 13.2 Å². The molecule has 0 aliphatic rings. The zero-order chi connectivity index (χ0) is 16.2. The normalized spacial score (nSPS) is 13.0. The summed E-state index contributed by atoms with van der Waals surface area (Å²) >= 11 is 0. The van der Waals surface area contributed by atoms with E-state index >= 15 is 0 Å². The molecule has 0 fully saturated rings. The smallest absolute Gasteiger partial charge is 0.238 e. The predicted molar refractivity (Wildman–Crippen MR) is 83.6 cm³/mol. The van der Waals surface area contributed by atoms with Crippen molar-refractivity contribution in [2.24, 2.45) is 11.1 Å². The summed E-state index contributed by atoms with van der Waals surface area (Å²) in [5.41, 5.74) is 2.06. The molecule has 1 aromatic rings. The van der Waals surface area contributed by atoms with Crippen LogP contribution in [0.1, 0.15) is 25.0 Å². The Morgan fingerprint density at radius 2 is 1.95 bits per heavy atom. The Morgan fingerprint density at radius 1 is 1.33 bits per heavy atom. The summed E-state index contributed by atoms with van der Waals surface area (Å²) in [5.74, 6) is -0.382. The average Bonchev–Trinajstić information content (AvgIpc) is 2.39. The summed E-state index contributed by atoms with van der Waals surface area (Å²) in [4.78, 5) is 12.1. The zero-order valence-corrected chi connectivity index (χ0v) is 13.7. The van der Waals surface area contributed by atoms with Gasteiger partial charge in [0.1, 0.15) is 0 Å². The van der Waals surface area contributed by atoms with E-state index < -0.39 is 10.0 Å². The Bertz CT molecular complexity index is 627. The van der Waals surface area contributed by atoms with Crippen molar-refractivity contribution < 1.29 is 13.2 Å². The van der Waals surface area contributed by atoms with Gasteiger partial charge in [-0.05, 0) is 43.7 Å². The van der Waals surface area contributed by atoms with Gasteiger partial charge in [-0.15, -0.1) is 0 Å². The number of carbonyl (C=O) groups is 1. The van der Waals surface area contributed by atoms with E-state index in [4.69, 9.17) is 5.14 Å². The molecule has 1 atom stereocenters. The lowest BCUT2D eigenvalue weighted by molar-refractivity contribution is -0.119. The van der Waals surface area contributed by atoms with Crippen LogP contribution in [0.3, 0.4) is 0 Å². The SMILES string of the molecule is CCNCC(C)C(=O)Nc1cc(S(N)(=O)=O)cc(C)c1C. The van der Waals surface area contributed by atoms with Crippen molar-refractivity contribution >= 4 is 21.6 Å². The molecule has 0 bridgehead atoms. The van der Waals surface area contributed by atoms with Crippen molar-refractivity contribution in [2.75, 3.05) is 18.4 Å². The Morgan fingerprint density at radius 3 is 2.48 bits per heavy atom. The first-order valence-electron chi connectivity index (χ1n) is 6.82. The average molecular weight is 313 g/mol. The number of rotatable bonds is 6. The maximum Gasteiger partial charge on any atom is 0.238 e. The highest BCUT2D eigenvalue weighted by atomic mass is 32.2. The minimum atomic E-state index is -3.80. The third-order valence-corrected chi connectivity index (χ3v) is 4.27. The van der Waals surface area contributed by atoms with Gasteiger partial charge in [-0.25, -0.2) is 13.6 Å². The topological polar surface area (TPSA) is 101 Å². The van der Waals surface area contributed by atoms with Gasteiger partial charge in [0.05, 0.1) is 4.90 Å². The molecular weight excluding hydrogens is 290 g/mol. The molecule has 0 saturated heterocycles. The number of anilines is 1. The van der Waals surface area contributed by atoms with E-state index in [-0.39, 0.29) is 16.7 Å². The van der Waals surface area contributed by atoms with Gasteiger partial charge in [0, 0.05) is 18.2 Å². The van der Waals surface area contributed by atoms with Crippen molar-refractivity contribution in [3.05, 3.63) is 23.3 Å². The van der Waals surface area contributed by atoms with Crippen LogP contribution in [0.2, 0.25) is 0 Å². The maximum absolute atomic E-state index is 12.1. The molecule has 4 N–H and O–H groups in total. The lowest BCUT2D eigenvalue weighted by Crippen LogP contribution is -2.30. The van der Waals surface area contributed by atoms with Crippen LogP contribution in [0.5, 0.6) is 0 Å². The van der Waals surface area contributed by atoms with E-state index in [0.717, 1.165) is 17.7 Å². The number of nitrogens with two attached hydrogens (primary N) is 1. The predicted octanol–water partition coefficient (Wildman–Crippen LogP) is 1.13. The molecule has 0 spiro atoms. The summed E-state index contributed by atoms with van der Waals surface area (Å²) in [5, 5.41) is 11.0. The van der Waals surface area contributed by atoms with Crippen LogP contribution in [0, 0.1) is 19.8 Å². The second-order valence-electron chi connectivity index (χ2n) is 5.16. The second-order valence-corrected chi connectivity index (χ2v) is 6.72. The molecule has 118 valence electrons. The molecule has 6 nitrogen and oxygen atoms in total. The number of carbonyl (C=O) groups excluding carboxylic acids is 1. The first-order chi connectivity index (χ1) is 9.66. The van der Waals surface area contributed by atoms with E-state index in [0.29, 0.717) is 12.2 Å². The summed E-state index contributed by atoms with van der Waals surface area (Å²) < 4.78 is 22.9. The fraction of sp³-hybridized carbons (Fsp3) is 0.500. The Balaban J connectivity index is 3.03. The van der Waals surface area contributed by atoms with Crippen LogP contribution >= 0.6 is 0 Å². The summed E-state index contributed by atoms with van der Waals surface area (Å²) in [6.07, 6.45) is 0. The van der Waals surface area contributed by atoms with Crippen LogP contribution < -0.4 is 15.8 Å². The number of sulfonamides is 1. The number of benzene rings is 1. The second kappa shape index (κ2) is 7.02. The number of primary sulfonamides is 1. The molecule has 1 aromatic carbocycles. The molecule has 0 saturated carbocycles. The minimum absolute atomic E-state index is 0.000219. The number of nitrogens with one attached hydrogen (secondary N) is 2.